The van der Waals surface area contributed by atoms with Gasteiger partial charge in [-0.1, -0.05) is 27.2 Å². The van der Waals surface area contributed by atoms with Crippen LogP contribution in [0.25, 0.3) is 0 Å². The lowest BCUT2D eigenvalue weighted by Gasteiger charge is -2.42. The van der Waals surface area contributed by atoms with E-state index in [1.165, 1.54) is 19.3 Å². The minimum absolute atomic E-state index is 0.212. The predicted octanol–water partition coefficient (Wildman–Crippen LogP) is 2.57. The zero-order chi connectivity index (χ0) is 13.6. The van der Waals surface area contributed by atoms with Crippen molar-refractivity contribution in [2.45, 2.75) is 59.0 Å². The van der Waals surface area contributed by atoms with E-state index in [0.717, 1.165) is 25.3 Å². The summed E-state index contributed by atoms with van der Waals surface area (Å²) in [6, 6.07) is 0. The van der Waals surface area contributed by atoms with E-state index >= 15 is 0 Å². The summed E-state index contributed by atoms with van der Waals surface area (Å²) >= 11 is 0. The Hall–Kier alpha value is -0.120. The number of ether oxygens (including phenoxy) is 1. The Bertz CT molecular complexity index is 231. The van der Waals surface area contributed by atoms with Gasteiger partial charge in [-0.05, 0) is 49.5 Å². The first kappa shape index (κ1) is 15.9. The molecule has 1 aliphatic carbocycles. The second kappa shape index (κ2) is 7.46. The quantitative estimate of drug-likeness (QED) is 0.689. The molecule has 3 nitrogen and oxygen atoms in total. The second-order valence-electron chi connectivity index (χ2n) is 6.33. The highest BCUT2D eigenvalue weighted by Crippen LogP contribution is 2.42. The number of rotatable bonds is 7. The molecule has 0 amide bonds. The van der Waals surface area contributed by atoms with E-state index in [1.54, 1.807) is 0 Å². The van der Waals surface area contributed by atoms with Gasteiger partial charge < -0.3 is 15.6 Å². The number of hydrogen-bond acceptors (Lipinski definition) is 3. The second-order valence-corrected chi connectivity index (χ2v) is 6.33. The molecule has 0 aliphatic heterocycles. The summed E-state index contributed by atoms with van der Waals surface area (Å²) in [5.74, 6) is 1.25. The van der Waals surface area contributed by atoms with Crippen LogP contribution in [0, 0.1) is 17.3 Å². The van der Waals surface area contributed by atoms with E-state index in [-0.39, 0.29) is 6.61 Å². The van der Waals surface area contributed by atoms with Gasteiger partial charge in [-0.25, -0.2) is 0 Å². The minimum Gasteiger partial charge on any atom is -0.396 e. The molecule has 0 heterocycles. The third-order valence-electron chi connectivity index (χ3n) is 4.88. The van der Waals surface area contributed by atoms with Crippen LogP contribution in [-0.4, -0.2) is 31.0 Å². The Balaban J connectivity index is 2.54. The van der Waals surface area contributed by atoms with Gasteiger partial charge in [0.2, 0.25) is 0 Å². The maximum absolute atomic E-state index is 8.83. The molecule has 0 aromatic heterocycles. The van der Waals surface area contributed by atoms with Gasteiger partial charge in [0.25, 0.3) is 0 Å². The molecule has 3 unspecified atom stereocenters. The van der Waals surface area contributed by atoms with Crippen molar-refractivity contribution in [1.82, 2.24) is 0 Å². The van der Waals surface area contributed by atoms with Gasteiger partial charge in [-0.15, -0.1) is 0 Å². The molecule has 3 atom stereocenters. The SMILES string of the molecule is CCC(C)(C)C1CCC(CN)C(OCCCO)C1. The number of aliphatic hydroxyl groups excluding tert-OH is 1. The van der Waals surface area contributed by atoms with Gasteiger partial charge in [-0.2, -0.15) is 0 Å². The van der Waals surface area contributed by atoms with Crippen molar-refractivity contribution in [1.29, 1.82) is 0 Å². The van der Waals surface area contributed by atoms with Crippen molar-refractivity contribution >= 4 is 0 Å². The molecule has 3 N–H and O–H groups in total. The molecular formula is C15H31NO2. The smallest absolute Gasteiger partial charge is 0.0618 e. The lowest BCUT2D eigenvalue weighted by molar-refractivity contribution is -0.0467. The maximum Gasteiger partial charge on any atom is 0.0618 e. The summed E-state index contributed by atoms with van der Waals surface area (Å²) in [5, 5.41) is 8.83. The van der Waals surface area contributed by atoms with E-state index in [1.807, 2.05) is 0 Å². The summed E-state index contributed by atoms with van der Waals surface area (Å²) in [6.07, 6.45) is 5.85. The molecule has 3 heteroatoms. The largest absolute Gasteiger partial charge is 0.396 e. The van der Waals surface area contributed by atoms with Crippen LogP contribution in [0.15, 0.2) is 0 Å². The summed E-state index contributed by atoms with van der Waals surface area (Å²) in [5.41, 5.74) is 6.26. The fourth-order valence-corrected chi connectivity index (χ4v) is 2.96. The highest BCUT2D eigenvalue weighted by molar-refractivity contribution is 4.88. The first-order chi connectivity index (χ1) is 8.55. The first-order valence-electron chi connectivity index (χ1n) is 7.47. The summed E-state index contributed by atoms with van der Waals surface area (Å²) in [6.45, 7) is 8.61. The van der Waals surface area contributed by atoms with Crippen molar-refractivity contribution in [3.63, 3.8) is 0 Å². The van der Waals surface area contributed by atoms with Crippen molar-refractivity contribution in [2.75, 3.05) is 19.8 Å². The molecule has 0 spiro atoms. The van der Waals surface area contributed by atoms with Gasteiger partial charge in [0.1, 0.15) is 0 Å². The molecule has 0 radical (unpaired) electrons. The zero-order valence-electron chi connectivity index (χ0n) is 12.3. The topological polar surface area (TPSA) is 55.5 Å². The highest BCUT2D eigenvalue weighted by atomic mass is 16.5. The zero-order valence-corrected chi connectivity index (χ0v) is 12.3. The molecule has 0 bridgehead atoms. The van der Waals surface area contributed by atoms with Crippen LogP contribution < -0.4 is 5.73 Å². The molecule has 18 heavy (non-hydrogen) atoms. The molecular weight excluding hydrogens is 226 g/mol. The van der Waals surface area contributed by atoms with E-state index in [9.17, 15) is 0 Å². The number of aliphatic hydroxyl groups is 1. The monoisotopic (exact) mass is 257 g/mol. The third kappa shape index (κ3) is 4.22. The van der Waals surface area contributed by atoms with Gasteiger partial charge in [0, 0.05) is 13.2 Å². The minimum atomic E-state index is 0.212. The first-order valence-corrected chi connectivity index (χ1v) is 7.47. The average Bonchev–Trinajstić information content (AvgIpc) is 2.39. The summed E-state index contributed by atoms with van der Waals surface area (Å²) in [7, 11) is 0. The maximum atomic E-state index is 8.83. The van der Waals surface area contributed by atoms with Gasteiger partial charge in [0.15, 0.2) is 0 Å². The summed E-state index contributed by atoms with van der Waals surface area (Å²) < 4.78 is 5.96. The van der Waals surface area contributed by atoms with Crippen LogP contribution in [0.5, 0.6) is 0 Å². The third-order valence-corrected chi connectivity index (χ3v) is 4.88. The lowest BCUT2D eigenvalue weighted by atomic mass is 9.66. The van der Waals surface area contributed by atoms with Crippen LogP contribution in [0.4, 0.5) is 0 Å². The molecule has 1 aliphatic rings. The van der Waals surface area contributed by atoms with E-state index < -0.39 is 0 Å². The fraction of sp³-hybridized carbons (Fsp3) is 1.00. The summed E-state index contributed by atoms with van der Waals surface area (Å²) in [4.78, 5) is 0. The van der Waals surface area contributed by atoms with Crippen LogP contribution in [0.2, 0.25) is 0 Å². The predicted molar refractivity (Wildman–Crippen MR) is 75.4 cm³/mol. The van der Waals surface area contributed by atoms with E-state index in [2.05, 4.69) is 20.8 Å². The molecule has 1 saturated carbocycles. The molecule has 1 fully saturated rings. The standard InChI is InChI=1S/C15H31NO2/c1-4-15(2,3)13-7-6-12(11-16)14(10-13)18-9-5-8-17/h12-14,17H,4-11,16H2,1-3H3. The molecule has 108 valence electrons. The Morgan fingerprint density at radius 2 is 2.06 bits per heavy atom. The van der Waals surface area contributed by atoms with E-state index in [0.29, 0.717) is 24.0 Å². The Kier molecular flexibility index (Phi) is 6.61. The van der Waals surface area contributed by atoms with Crippen molar-refractivity contribution in [3.05, 3.63) is 0 Å². The molecule has 0 aromatic carbocycles. The highest BCUT2D eigenvalue weighted by Gasteiger charge is 2.37. The van der Waals surface area contributed by atoms with Crippen LogP contribution >= 0.6 is 0 Å². The average molecular weight is 257 g/mol. The van der Waals surface area contributed by atoms with Crippen LogP contribution in [-0.2, 0) is 4.74 Å². The number of hydrogen-bond donors (Lipinski definition) is 2. The Labute approximate surface area is 112 Å². The molecule has 0 aromatic rings. The van der Waals surface area contributed by atoms with Crippen LogP contribution in [0.3, 0.4) is 0 Å². The fourth-order valence-electron chi connectivity index (χ4n) is 2.96. The Morgan fingerprint density at radius 1 is 1.33 bits per heavy atom. The molecule has 0 saturated heterocycles. The lowest BCUT2D eigenvalue weighted by Crippen LogP contribution is -2.40. The van der Waals surface area contributed by atoms with Crippen LogP contribution in [0.1, 0.15) is 52.9 Å². The van der Waals surface area contributed by atoms with Crippen molar-refractivity contribution in [3.8, 4) is 0 Å². The molecule has 1 rings (SSSR count). The number of nitrogens with two attached hydrogens (primary N) is 1. The van der Waals surface area contributed by atoms with E-state index in [4.69, 9.17) is 15.6 Å². The van der Waals surface area contributed by atoms with Crippen molar-refractivity contribution < 1.29 is 9.84 Å². The van der Waals surface area contributed by atoms with Gasteiger partial charge >= 0.3 is 0 Å². The normalized spacial score (nSPS) is 29.5. The van der Waals surface area contributed by atoms with Crippen molar-refractivity contribution in [2.24, 2.45) is 23.0 Å². The van der Waals surface area contributed by atoms with Gasteiger partial charge in [-0.3, -0.25) is 0 Å². The Morgan fingerprint density at radius 3 is 2.61 bits per heavy atom. The van der Waals surface area contributed by atoms with Gasteiger partial charge in [0.05, 0.1) is 6.10 Å².